The molecule has 0 amide bonds. The van der Waals surface area contributed by atoms with Crippen LogP contribution in [-0.4, -0.2) is 19.5 Å². The molecule has 66 heavy (non-hydrogen) atoms. The smallest absolute Gasteiger partial charge is 0.165 e. The van der Waals surface area contributed by atoms with Crippen molar-refractivity contribution in [3.8, 4) is 73.2 Å². The predicted molar refractivity (Wildman–Crippen MR) is 277 cm³/mol. The lowest BCUT2D eigenvalue weighted by Gasteiger charge is -2.21. The summed E-state index contributed by atoms with van der Waals surface area (Å²) in [4.78, 5) is 16.1. The first-order valence-electron chi connectivity index (χ1n) is 22.3. The molecule has 0 atom stereocenters. The van der Waals surface area contributed by atoms with Crippen molar-refractivity contribution in [3.63, 3.8) is 0 Å². The van der Waals surface area contributed by atoms with Crippen LogP contribution in [0.3, 0.4) is 0 Å². The molecule has 0 radical (unpaired) electrons. The first-order valence-corrected chi connectivity index (χ1v) is 23.1. The SMILES string of the molecule is c1ccc(-c2cccc(-c3cc(-c4nc(-c5ccccc5)nc(-c5cccc6c5sc5ccccc56)n4)cc(-c4ccccc4)c3-n3c4ccccc4c4cc5ccccc5cc43)c2)cc1. The Morgan fingerprint density at radius 1 is 0.303 bits per heavy atom. The van der Waals surface area contributed by atoms with E-state index in [1.807, 2.05) is 18.2 Å². The van der Waals surface area contributed by atoms with Gasteiger partial charge in [-0.3, -0.25) is 0 Å². The molecule has 0 spiro atoms. The van der Waals surface area contributed by atoms with Crippen molar-refractivity contribution in [2.75, 3.05) is 0 Å². The number of thiophene rings is 1. The van der Waals surface area contributed by atoms with Gasteiger partial charge in [0, 0.05) is 58.8 Å². The largest absolute Gasteiger partial charge is 0.308 e. The van der Waals surface area contributed by atoms with E-state index >= 15 is 0 Å². The number of aromatic nitrogens is 4. The fraction of sp³-hybridized carbons (Fsp3) is 0. The average molecular weight is 859 g/mol. The molecule has 0 aliphatic heterocycles. The molecule has 3 aromatic heterocycles. The maximum absolute atomic E-state index is 5.46. The van der Waals surface area contributed by atoms with Gasteiger partial charge in [0.05, 0.1) is 16.7 Å². The van der Waals surface area contributed by atoms with Crippen LogP contribution < -0.4 is 0 Å². The number of hydrogen-bond acceptors (Lipinski definition) is 4. The van der Waals surface area contributed by atoms with Crippen molar-refractivity contribution >= 4 is 64.1 Å². The molecular formula is C61H38N4S. The summed E-state index contributed by atoms with van der Waals surface area (Å²) in [6.07, 6.45) is 0. The molecule has 0 bridgehead atoms. The van der Waals surface area contributed by atoms with E-state index < -0.39 is 0 Å². The number of para-hydroxylation sites is 1. The summed E-state index contributed by atoms with van der Waals surface area (Å²) in [6, 6.07) is 82.5. The first kappa shape index (κ1) is 38.0. The molecule has 13 aromatic rings. The van der Waals surface area contributed by atoms with Crippen LogP contribution in [0.1, 0.15) is 0 Å². The van der Waals surface area contributed by atoms with Crippen molar-refractivity contribution < 1.29 is 0 Å². The van der Waals surface area contributed by atoms with E-state index in [4.69, 9.17) is 15.0 Å². The standard InChI is InChI=1S/C61H38N4S/c1-4-18-39(19-5-1)42-26-16-27-45(34-42)52-37-46(60-62-59(41-22-8-3-9-23-41)63-61(64-60)50-31-17-30-49-48-29-13-15-33-56(48)66-58(49)50)36-51(40-20-6-2-7-21-40)57(52)65-54-32-14-12-28-47(54)53-35-43-24-10-11-25-44(43)38-55(53)65/h1-38H. The second-order valence-electron chi connectivity index (χ2n) is 16.8. The van der Waals surface area contributed by atoms with Gasteiger partial charge in [-0.2, -0.15) is 0 Å². The van der Waals surface area contributed by atoms with Crippen molar-refractivity contribution in [2.24, 2.45) is 0 Å². The summed E-state index contributed by atoms with van der Waals surface area (Å²) in [5.41, 5.74) is 12.8. The topological polar surface area (TPSA) is 43.6 Å². The lowest BCUT2D eigenvalue weighted by Crippen LogP contribution is -2.04. The Morgan fingerprint density at radius 2 is 0.848 bits per heavy atom. The zero-order valence-electron chi connectivity index (χ0n) is 35.6. The van der Waals surface area contributed by atoms with Gasteiger partial charge in [-0.15, -0.1) is 11.3 Å². The molecule has 5 heteroatoms. The number of rotatable bonds is 7. The van der Waals surface area contributed by atoms with Gasteiger partial charge in [-0.05, 0) is 81.6 Å². The van der Waals surface area contributed by atoms with Crippen LogP contribution in [0.15, 0.2) is 231 Å². The van der Waals surface area contributed by atoms with Crippen LogP contribution in [-0.2, 0) is 0 Å². The lowest BCUT2D eigenvalue weighted by molar-refractivity contribution is 1.08. The number of fused-ring (bicyclic) bond motifs is 7. The Labute approximate surface area is 385 Å². The molecule has 4 nitrogen and oxygen atoms in total. The summed E-state index contributed by atoms with van der Waals surface area (Å²) in [5.74, 6) is 1.87. The highest BCUT2D eigenvalue weighted by Crippen LogP contribution is 2.46. The summed E-state index contributed by atoms with van der Waals surface area (Å²) in [5, 5.41) is 7.26. The molecule has 0 saturated carbocycles. The average Bonchev–Trinajstić information content (AvgIpc) is 3.93. The molecule has 0 N–H and O–H groups in total. The Bertz CT molecular complexity index is 3990. The van der Waals surface area contributed by atoms with Crippen molar-refractivity contribution in [2.45, 2.75) is 0 Å². The van der Waals surface area contributed by atoms with Gasteiger partial charge in [0.2, 0.25) is 0 Å². The summed E-state index contributed by atoms with van der Waals surface area (Å²) in [7, 11) is 0. The second kappa shape index (κ2) is 15.6. The molecule has 10 aromatic carbocycles. The molecule has 3 heterocycles. The van der Waals surface area contributed by atoms with Crippen molar-refractivity contribution in [3.05, 3.63) is 231 Å². The quantitative estimate of drug-likeness (QED) is 0.160. The molecule has 0 unspecified atom stereocenters. The number of benzene rings is 10. The normalized spacial score (nSPS) is 11.6. The van der Waals surface area contributed by atoms with Gasteiger partial charge in [-0.1, -0.05) is 182 Å². The summed E-state index contributed by atoms with van der Waals surface area (Å²) < 4.78 is 4.89. The highest BCUT2D eigenvalue weighted by atomic mass is 32.1. The van der Waals surface area contributed by atoms with Crippen LogP contribution in [0.5, 0.6) is 0 Å². The minimum Gasteiger partial charge on any atom is -0.308 e. The van der Waals surface area contributed by atoms with Gasteiger partial charge < -0.3 is 4.57 Å². The zero-order chi connectivity index (χ0) is 43.6. The third-order valence-corrected chi connectivity index (χ3v) is 14.0. The molecule has 0 fully saturated rings. The highest BCUT2D eigenvalue weighted by molar-refractivity contribution is 7.26. The number of hydrogen-bond donors (Lipinski definition) is 0. The lowest BCUT2D eigenvalue weighted by atomic mass is 9.91. The fourth-order valence-electron chi connectivity index (χ4n) is 9.72. The van der Waals surface area contributed by atoms with Gasteiger partial charge in [0.1, 0.15) is 0 Å². The Kier molecular flexibility index (Phi) is 9.00. The van der Waals surface area contributed by atoms with Crippen molar-refractivity contribution in [1.29, 1.82) is 0 Å². The van der Waals surface area contributed by atoms with Gasteiger partial charge in [0.25, 0.3) is 0 Å². The Morgan fingerprint density at radius 3 is 1.62 bits per heavy atom. The van der Waals surface area contributed by atoms with Crippen LogP contribution >= 0.6 is 11.3 Å². The van der Waals surface area contributed by atoms with Crippen molar-refractivity contribution in [1.82, 2.24) is 19.5 Å². The summed E-state index contributed by atoms with van der Waals surface area (Å²) >= 11 is 1.78. The molecule has 0 aliphatic carbocycles. The molecule has 13 rings (SSSR count). The van der Waals surface area contributed by atoms with E-state index in [9.17, 15) is 0 Å². The first-order chi connectivity index (χ1) is 32.7. The van der Waals surface area contributed by atoms with Gasteiger partial charge >= 0.3 is 0 Å². The Hall–Kier alpha value is -8.51. The predicted octanol–water partition coefficient (Wildman–Crippen LogP) is 16.5. The summed E-state index contributed by atoms with van der Waals surface area (Å²) in [6.45, 7) is 0. The van der Waals surface area contributed by atoms with Crippen LogP contribution in [0, 0.1) is 0 Å². The maximum Gasteiger partial charge on any atom is 0.165 e. The molecule has 308 valence electrons. The third-order valence-electron chi connectivity index (χ3n) is 12.8. The molecule has 0 aliphatic rings. The minimum absolute atomic E-state index is 0.606. The zero-order valence-corrected chi connectivity index (χ0v) is 36.5. The molecular weight excluding hydrogens is 821 g/mol. The fourth-order valence-corrected chi connectivity index (χ4v) is 10.9. The van der Waals surface area contributed by atoms with Gasteiger partial charge in [-0.25, -0.2) is 15.0 Å². The van der Waals surface area contributed by atoms with E-state index in [1.165, 1.54) is 37.0 Å². The van der Waals surface area contributed by atoms with E-state index in [0.29, 0.717) is 17.5 Å². The monoisotopic (exact) mass is 858 g/mol. The van der Waals surface area contributed by atoms with Crippen LogP contribution in [0.25, 0.3) is 126 Å². The molecule has 0 saturated heterocycles. The van der Waals surface area contributed by atoms with E-state index in [0.717, 1.165) is 71.5 Å². The van der Waals surface area contributed by atoms with E-state index in [-0.39, 0.29) is 0 Å². The van der Waals surface area contributed by atoms with E-state index in [2.05, 4.69) is 217 Å². The highest BCUT2D eigenvalue weighted by Gasteiger charge is 2.24. The van der Waals surface area contributed by atoms with Crippen LogP contribution in [0.2, 0.25) is 0 Å². The third kappa shape index (κ3) is 6.40. The Balaban J connectivity index is 1.15. The second-order valence-corrected chi connectivity index (χ2v) is 17.8. The van der Waals surface area contributed by atoms with E-state index in [1.54, 1.807) is 11.3 Å². The minimum atomic E-state index is 0.606. The maximum atomic E-state index is 5.46. The van der Waals surface area contributed by atoms with Crippen LogP contribution in [0.4, 0.5) is 0 Å². The number of nitrogens with zero attached hydrogens (tertiary/aromatic N) is 4. The van der Waals surface area contributed by atoms with Gasteiger partial charge in [0.15, 0.2) is 17.5 Å².